The molecule has 6 nitrogen and oxygen atoms in total. The topological polar surface area (TPSA) is 73.2 Å². The summed E-state index contributed by atoms with van der Waals surface area (Å²) < 4.78 is 6.47. The highest BCUT2D eigenvalue weighted by molar-refractivity contribution is 6.31. The van der Waals surface area contributed by atoms with Crippen molar-refractivity contribution < 1.29 is 9.53 Å². The molecule has 0 aliphatic carbocycles. The third-order valence-corrected chi connectivity index (χ3v) is 4.37. The Balaban J connectivity index is 1.71. The SMILES string of the molecule is COc1ccc(CNC(=O)c2ccc(=O)n(Cc3ccccc3Cl)c2)cn1. The summed E-state index contributed by atoms with van der Waals surface area (Å²) in [6.45, 7) is 0.613. The van der Waals surface area contributed by atoms with Gasteiger partial charge in [0.05, 0.1) is 19.2 Å². The largest absolute Gasteiger partial charge is 0.481 e. The molecule has 27 heavy (non-hydrogen) atoms. The van der Waals surface area contributed by atoms with Crippen LogP contribution in [0.15, 0.2) is 65.7 Å². The van der Waals surface area contributed by atoms with Crippen LogP contribution in [0, 0.1) is 0 Å². The predicted molar refractivity (Wildman–Crippen MR) is 103 cm³/mol. The van der Waals surface area contributed by atoms with E-state index >= 15 is 0 Å². The maximum atomic E-state index is 12.4. The normalized spacial score (nSPS) is 10.4. The first-order valence-corrected chi connectivity index (χ1v) is 8.65. The highest BCUT2D eigenvalue weighted by atomic mass is 35.5. The fourth-order valence-electron chi connectivity index (χ4n) is 2.52. The molecule has 0 saturated heterocycles. The van der Waals surface area contributed by atoms with E-state index in [1.165, 1.54) is 22.9 Å². The van der Waals surface area contributed by atoms with Crippen LogP contribution in [-0.2, 0) is 13.1 Å². The van der Waals surface area contributed by atoms with Crippen LogP contribution >= 0.6 is 11.6 Å². The van der Waals surface area contributed by atoms with Gasteiger partial charge in [-0.05, 0) is 23.3 Å². The van der Waals surface area contributed by atoms with Crippen molar-refractivity contribution in [3.63, 3.8) is 0 Å². The summed E-state index contributed by atoms with van der Waals surface area (Å²) in [7, 11) is 1.54. The first-order valence-electron chi connectivity index (χ1n) is 8.28. The monoisotopic (exact) mass is 383 g/mol. The molecule has 138 valence electrons. The molecule has 0 spiro atoms. The summed E-state index contributed by atoms with van der Waals surface area (Å²) in [5.74, 6) is 0.232. The average Bonchev–Trinajstić information content (AvgIpc) is 2.70. The molecule has 0 bridgehead atoms. The van der Waals surface area contributed by atoms with E-state index in [0.717, 1.165) is 11.1 Å². The summed E-state index contributed by atoms with van der Waals surface area (Å²) >= 11 is 6.16. The summed E-state index contributed by atoms with van der Waals surface area (Å²) in [5.41, 5.74) is 1.84. The van der Waals surface area contributed by atoms with E-state index in [0.29, 0.717) is 29.6 Å². The van der Waals surface area contributed by atoms with Crippen molar-refractivity contribution in [2.24, 2.45) is 0 Å². The number of carbonyl (C=O) groups is 1. The lowest BCUT2D eigenvalue weighted by Gasteiger charge is -2.10. The number of hydrogen-bond acceptors (Lipinski definition) is 4. The molecule has 1 aromatic carbocycles. The summed E-state index contributed by atoms with van der Waals surface area (Å²) in [6.07, 6.45) is 3.17. The van der Waals surface area contributed by atoms with Crippen LogP contribution < -0.4 is 15.6 Å². The van der Waals surface area contributed by atoms with Gasteiger partial charge in [-0.1, -0.05) is 35.9 Å². The predicted octanol–water partition coefficient (Wildman–Crippen LogP) is 2.88. The Morgan fingerprint density at radius 1 is 1.19 bits per heavy atom. The molecular weight excluding hydrogens is 366 g/mol. The van der Waals surface area contributed by atoms with E-state index < -0.39 is 0 Å². The minimum absolute atomic E-state index is 0.203. The van der Waals surface area contributed by atoms with Crippen molar-refractivity contribution in [1.29, 1.82) is 0 Å². The minimum Gasteiger partial charge on any atom is -0.481 e. The molecule has 0 unspecified atom stereocenters. The number of ether oxygens (including phenoxy) is 1. The average molecular weight is 384 g/mol. The summed E-state index contributed by atoms with van der Waals surface area (Å²) in [5, 5.41) is 3.39. The number of aromatic nitrogens is 2. The van der Waals surface area contributed by atoms with Crippen molar-refractivity contribution in [2.45, 2.75) is 13.1 Å². The van der Waals surface area contributed by atoms with Gasteiger partial charge in [0.2, 0.25) is 5.88 Å². The Kier molecular flexibility index (Phi) is 5.88. The molecule has 2 aromatic heterocycles. The Bertz CT molecular complexity index is 1000. The van der Waals surface area contributed by atoms with Crippen LogP contribution in [0.1, 0.15) is 21.5 Å². The van der Waals surface area contributed by atoms with E-state index in [1.807, 2.05) is 24.3 Å². The first kappa shape index (κ1) is 18.7. The number of nitrogens with one attached hydrogen (secondary N) is 1. The number of hydrogen-bond donors (Lipinski definition) is 1. The molecule has 7 heteroatoms. The number of rotatable bonds is 6. The molecule has 0 radical (unpaired) electrons. The summed E-state index contributed by atoms with van der Waals surface area (Å²) in [4.78, 5) is 28.6. The third-order valence-electron chi connectivity index (χ3n) is 4.00. The van der Waals surface area contributed by atoms with Gasteiger partial charge in [0.15, 0.2) is 0 Å². The fourth-order valence-corrected chi connectivity index (χ4v) is 2.72. The number of nitrogens with zero attached hydrogens (tertiary/aromatic N) is 2. The highest BCUT2D eigenvalue weighted by Gasteiger charge is 2.09. The number of halogens is 1. The van der Waals surface area contributed by atoms with Gasteiger partial charge in [-0.2, -0.15) is 0 Å². The van der Waals surface area contributed by atoms with Gasteiger partial charge >= 0.3 is 0 Å². The molecule has 0 aliphatic rings. The summed E-state index contributed by atoms with van der Waals surface area (Å²) in [6, 6.07) is 13.7. The zero-order valence-corrected chi connectivity index (χ0v) is 15.4. The van der Waals surface area contributed by atoms with Crippen LogP contribution in [-0.4, -0.2) is 22.6 Å². The van der Waals surface area contributed by atoms with E-state index in [9.17, 15) is 9.59 Å². The Morgan fingerprint density at radius 3 is 2.70 bits per heavy atom. The van der Waals surface area contributed by atoms with E-state index in [1.54, 1.807) is 25.4 Å². The Morgan fingerprint density at radius 2 is 2.00 bits per heavy atom. The molecule has 0 saturated carbocycles. The second-order valence-corrected chi connectivity index (χ2v) is 6.27. The first-order chi connectivity index (χ1) is 13.1. The maximum absolute atomic E-state index is 12.4. The Hall–Kier alpha value is -3.12. The highest BCUT2D eigenvalue weighted by Crippen LogP contribution is 2.15. The smallest absolute Gasteiger partial charge is 0.253 e. The van der Waals surface area contributed by atoms with Gasteiger partial charge in [-0.15, -0.1) is 0 Å². The van der Waals surface area contributed by atoms with Crippen LogP contribution in [0.3, 0.4) is 0 Å². The third kappa shape index (κ3) is 4.74. The lowest BCUT2D eigenvalue weighted by molar-refractivity contribution is 0.0950. The quantitative estimate of drug-likeness (QED) is 0.710. The van der Waals surface area contributed by atoms with Crippen molar-refractivity contribution >= 4 is 17.5 Å². The van der Waals surface area contributed by atoms with Crippen LogP contribution in [0.2, 0.25) is 5.02 Å². The molecule has 0 fully saturated rings. The zero-order valence-electron chi connectivity index (χ0n) is 14.7. The van der Waals surface area contributed by atoms with Crippen molar-refractivity contribution in [3.05, 3.63) is 93.0 Å². The van der Waals surface area contributed by atoms with Crippen LogP contribution in [0.4, 0.5) is 0 Å². The number of pyridine rings is 2. The molecule has 3 aromatic rings. The zero-order chi connectivity index (χ0) is 19.2. The standard InChI is InChI=1S/C20H18ClN3O3/c1-27-18-8-6-14(10-22-18)11-23-20(26)16-7-9-19(25)24(13-16)12-15-4-2-3-5-17(15)21/h2-10,13H,11-12H2,1H3,(H,23,26). The lowest BCUT2D eigenvalue weighted by Crippen LogP contribution is -2.26. The van der Waals surface area contributed by atoms with E-state index in [4.69, 9.17) is 16.3 Å². The number of methoxy groups -OCH3 is 1. The van der Waals surface area contributed by atoms with Gasteiger partial charge in [-0.25, -0.2) is 4.98 Å². The maximum Gasteiger partial charge on any atom is 0.253 e. The lowest BCUT2D eigenvalue weighted by atomic mass is 10.2. The molecule has 0 aliphatic heterocycles. The number of benzene rings is 1. The second kappa shape index (κ2) is 8.51. The molecule has 1 amide bonds. The van der Waals surface area contributed by atoms with E-state index in [-0.39, 0.29) is 11.5 Å². The van der Waals surface area contributed by atoms with Gasteiger partial charge in [-0.3, -0.25) is 9.59 Å². The van der Waals surface area contributed by atoms with Crippen molar-refractivity contribution in [3.8, 4) is 5.88 Å². The van der Waals surface area contributed by atoms with Gasteiger partial charge in [0.25, 0.3) is 11.5 Å². The van der Waals surface area contributed by atoms with Crippen molar-refractivity contribution in [1.82, 2.24) is 14.9 Å². The van der Waals surface area contributed by atoms with Gasteiger partial charge < -0.3 is 14.6 Å². The molecular formula is C20H18ClN3O3. The Labute approximate surface area is 161 Å². The number of amides is 1. The fraction of sp³-hybridized carbons (Fsp3) is 0.150. The minimum atomic E-state index is -0.279. The number of carbonyl (C=O) groups excluding carboxylic acids is 1. The van der Waals surface area contributed by atoms with Gasteiger partial charge in [0.1, 0.15) is 0 Å². The van der Waals surface area contributed by atoms with Crippen LogP contribution in [0.5, 0.6) is 5.88 Å². The van der Waals surface area contributed by atoms with Gasteiger partial charge in [0, 0.05) is 36.1 Å². The van der Waals surface area contributed by atoms with Crippen LogP contribution in [0.25, 0.3) is 0 Å². The second-order valence-electron chi connectivity index (χ2n) is 5.87. The molecule has 3 rings (SSSR count). The molecule has 2 heterocycles. The van der Waals surface area contributed by atoms with E-state index in [2.05, 4.69) is 10.3 Å². The molecule has 1 N–H and O–H groups in total. The molecule has 0 atom stereocenters. The van der Waals surface area contributed by atoms with Crippen molar-refractivity contribution in [2.75, 3.05) is 7.11 Å².